The van der Waals surface area contributed by atoms with Crippen LogP contribution < -0.4 is 10.2 Å². The molecule has 2 rings (SSSR count). The molecular weight excluding hydrogens is 256 g/mol. The van der Waals surface area contributed by atoms with Gasteiger partial charge >= 0.3 is 0 Å². The molecule has 0 aliphatic rings. The monoisotopic (exact) mass is 282 g/mol. The van der Waals surface area contributed by atoms with Crippen molar-refractivity contribution in [3.8, 4) is 0 Å². The lowest BCUT2D eigenvalue weighted by molar-refractivity contribution is 0.595. The van der Waals surface area contributed by atoms with Crippen LogP contribution in [-0.2, 0) is 0 Å². The van der Waals surface area contributed by atoms with Crippen LogP contribution in [0.15, 0.2) is 60.7 Å². The number of anilines is 1. The van der Waals surface area contributed by atoms with Crippen LogP contribution in [0.2, 0.25) is 0 Å². The van der Waals surface area contributed by atoms with Gasteiger partial charge in [-0.1, -0.05) is 55.5 Å². The minimum atomic E-state index is 0.568. The zero-order valence-electron chi connectivity index (χ0n) is 13.1. The second-order valence-corrected chi connectivity index (χ2v) is 5.63. The summed E-state index contributed by atoms with van der Waals surface area (Å²) < 4.78 is 0. The average molecular weight is 282 g/mol. The number of hydrogen-bond acceptors (Lipinski definition) is 2. The molecule has 0 spiro atoms. The summed E-state index contributed by atoms with van der Waals surface area (Å²) in [4.78, 5) is 2.31. The molecular formula is C19H26N2. The van der Waals surface area contributed by atoms with Gasteiger partial charge in [0.2, 0.25) is 0 Å². The highest BCUT2D eigenvalue weighted by Crippen LogP contribution is 2.13. The third kappa shape index (κ3) is 5.24. The fourth-order valence-electron chi connectivity index (χ4n) is 2.47. The number of nitrogens with one attached hydrogen (secondary N) is 1. The minimum Gasteiger partial charge on any atom is -0.375 e. The van der Waals surface area contributed by atoms with E-state index in [1.165, 1.54) is 11.3 Å². The smallest absolute Gasteiger partial charge is 0.0363 e. The maximum Gasteiger partial charge on any atom is 0.0363 e. The van der Waals surface area contributed by atoms with Crippen LogP contribution >= 0.6 is 0 Å². The van der Waals surface area contributed by atoms with Crippen molar-refractivity contribution < 1.29 is 0 Å². The van der Waals surface area contributed by atoms with E-state index >= 15 is 0 Å². The summed E-state index contributed by atoms with van der Waals surface area (Å²) in [7, 11) is 2.15. The highest BCUT2D eigenvalue weighted by Gasteiger charge is 2.04. The molecule has 0 aliphatic heterocycles. The van der Waals surface area contributed by atoms with Crippen molar-refractivity contribution in [3.63, 3.8) is 0 Å². The van der Waals surface area contributed by atoms with Gasteiger partial charge in [0.15, 0.2) is 0 Å². The minimum absolute atomic E-state index is 0.568. The number of para-hydroxylation sites is 1. The lowest BCUT2D eigenvalue weighted by atomic mass is 10.0. The van der Waals surface area contributed by atoms with Gasteiger partial charge in [0, 0.05) is 25.8 Å². The van der Waals surface area contributed by atoms with E-state index in [1.807, 2.05) is 0 Å². The highest BCUT2D eigenvalue weighted by molar-refractivity contribution is 5.44. The first-order valence-corrected chi connectivity index (χ1v) is 7.79. The third-order valence-electron chi connectivity index (χ3n) is 3.86. The summed E-state index contributed by atoms with van der Waals surface area (Å²) in [6, 6.07) is 21.3. The number of hydrogen-bond donors (Lipinski definition) is 1. The average Bonchev–Trinajstić information content (AvgIpc) is 2.55. The Labute approximate surface area is 128 Å². The van der Waals surface area contributed by atoms with E-state index < -0.39 is 0 Å². The van der Waals surface area contributed by atoms with Crippen LogP contribution in [0.5, 0.6) is 0 Å². The first-order valence-electron chi connectivity index (χ1n) is 7.79. The third-order valence-corrected chi connectivity index (χ3v) is 3.86. The molecule has 0 radical (unpaired) electrons. The molecule has 21 heavy (non-hydrogen) atoms. The second-order valence-electron chi connectivity index (χ2n) is 5.63. The fraction of sp³-hybridized carbons (Fsp3) is 0.368. The molecule has 2 aromatic carbocycles. The van der Waals surface area contributed by atoms with Crippen LogP contribution in [0.25, 0.3) is 0 Å². The molecule has 0 heterocycles. The molecule has 2 heteroatoms. The molecule has 0 amide bonds. The van der Waals surface area contributed by atoms with Gasteiger partial charge in [-0.15, -0.1) is 0 Å². The maximum atomic E-state index is 3.56. The second kappa shape index (κ2) is 8.48. The normalized spacial score (nSPS) is 12.1. The van der Waals surface area contributed by atoms with Crippen molar-refractivity contribution in [1.29, 1.82) is 0 Å². The van der Waals surface area contributed by atoms with E-state index in [1.54, 1.807) is 0 Å². The van der Waals surface area contributed by atoms with E-state index in [4.69, 9.17) is 0 Å². The topological polar surface area (TPSA) is 15.3 Å². The van der Waals surface area contributed by atoms with E-state index in [2.05, 4.69) is 84.9 Å². The molecule has 0 bridgehead atoms. The van der Waals surface area contributed by atoms with Gasteiger partial charge in [-0.05, 0) is 36.6 Å². The Morgan fingerprint density at radius 2 is 1.57 bits per heavy atom. The van der Waals surface area contributed by atoms with Gasteiger partial charge in [-0.3, -0.25) is 0 Å². The highest BCUT2D eigenvalue weighted by atomic mass is 15.1. The molecule has 0 fully saturated rings. The van der Waals surface area contributed by atoms with E-state index in [0.717, 1.165) is 26.1 Å². The van der Waals surface area contributed by atoms with Gasteiger partial charge in [0.05, 0.1) is 0 Å². The van der Waals surface area contributed by atoms with Gasteiger partial charge in [0.1, 0.15) is 0 Å². The summed E-state index contributed by atoms with van der Waals surface area (Å²) in [5.41, 5.74) is 2.70. The van der Waals surface area contributed by atoms with Crippen LogP contribution in [0.4, 0.5) is 5.69 Å². The Kier molecular flexibility index (Phi) is 6.29. The summed E-state index contributed by atoms with van der Waals surface area (Å²) in [5, 5.41) is 3.56. The van der Waals surface area contributed by atoms with Crippen LogP contribution in [0.1, 0.15) is 24.8 Å². The van der Waals surface area contributed by atoms with Gasteiger partial charge in [0.25, 0.3) is 0 Å². The largest absolute Gasteiger partial charge is 0.375 e. The molecule has 1 N–H and O–H groups in total. The van der Waals surface area contributed by atoms with Gasteiger partial charge < -0.3 is 10.2 Å². The summed E-state index contributed by atoms with van der Waals surface area (Å²) in [5.74, 6) is 0.568. The lowest BCUT2D eigenvalue weighted by Crippen LogP contribution is -2.26. The van der Waals surface area contributed by atoms with Crippen molar-refractivity contribution in [2.24, 2.45) is 0 Å². The Hall–Kier alpha value is -1.80. The Morgan fingerprint density at radius 3 is 2.24 bits per heavy atom. The van der Waals surface area contributed by atoms with Crippen molar-refractivity contribution in [2.45, 2.75) is 19.3 Å². The van der Waals surface area contributed by atoms with Crippen molar-refractivity contribution in [3.05, 3.63) is 66.2 Å². The summed E-state index contributed by atoms with van der Waals surface area (Å²) >= 11 is 0. The SMILES string of the molecule is CC(CNCCCN(C)c1ccccc1)c1ccccc1. The first-order chi connectivity index (χ1) is 10.3. The van der Waals surface area contributed by atoms with Crippen molar-refractivity contribution >= 4 is 5.69 Å². The van der Waals surface area contributed by atoms with E-state index in [9.17, 15) is 0 Å². The van der Waals surface area contributed by atoms with Crippen LogP contribution in [0, 0.1) is 0 Å². The van der Waals surface area contributed by atoms with Crippen molar-refractivity contribution in [2.75, 3.05) is 31.6 Å². The number of benzene rings is 2. The Morgan fingerprint density at radius 1 is 0.952 bits per heavy atom. The predicted octanol–water partition coefficient (Wildman–Crippen LogP) is 3.91. The molecule has 2 nitrogen and oxygen atoms in total. The Bertz CT molecular complexity index is 448. The molecule has 1 unspecified atom stereocenters. The zero-order chi connectivity index (χ0) is 14.9. The molecule has 0 saturated heterocycles. The van der Waals surface area contributed by atoms with Crippen LogP contribution in [-0.4, -0.2) is 26.7 Å². The van der Waals surface area contributed by atoms with Crippen LogP contribution in [0.3, 0.4) is 0 Å². The van der Waals surface area contributed by atoms with E-state index in [0.29, 0.717) is 5.92 Å². The molecule has 1 atom stereocenters. The van der Waals surface area contributed by atoms with Gasteiger partial charge in [-0.25, -0.2) is 0 Å². The summed E-state index contributed by atoms with van der Waals surface area (Å²) in [6.45, 7) is 5.46. The van der Waals surface area contributed by atoms with E-state index in [-0.39, 0.29) is 0 Å². The fourth-order valence-corrected chi connectivity index (χ4v) is 2.47. The first kappa shape index (κ1) is 15.6. The number of nitrogens with zero attached hydrogens (tertiary/aromatic N) is 1. The standard InChI is InChI=1S/C19H26N2/c1-17(18-10-5-3-6-11-18)16-20-14-9-15-21(2)19-12-7-4-8-13-19/h3-8,10-13,17,20H,9,14-16H2,1-2H3. The quantitative estimate of drug-likeness (QED) is 0.739. The molecule has 112 valence electrons. The Balaban J connectivity index is 1.62. The molecule has 0 aromatic heterocycles. The molecule has 0 aliphatic carbocycles. The maximum absolute atomic E-state index is 3.56. The zero-order valence-corrected chi connectivity index (χ0v) is 13.1. The summed E-state index contributed by atoms with van der Waals surface area (Å²) in [6.07, 6.45) is 1.16. The lowest BCUT2D eigenvalue weighted by Gasteiger charge is -2.19. The predicted molar refractivity (Wildman–Crippen MR) is 92.1 cm³/mol. The molecule has 0 saturated carbocycles. The number of rotatable bonds is 8. The van der Waals surface area contributed by atoms with Crippen molar-refractivity contribution in [1.82, 2.24) is 5.32 Å². The van der Waals surface area contributed by atoms with Gasteiger partial charge in [-0.2, -0.15) is 0 Å². The molecule has 2 aromatic rings.